The standard InChI is InChI=1S/C14H30N2/c1-12-6-5-7-13(8-12)9-16(4)11-14(2,3)10-15/h12-13H,5-11,15H2,1-4H3. The molecule has 96 valence electrons. The summed E-state index contributed by atoms with van der Waals surface area (Å²) in [5.41, 5.74) is 6.04. The zero-order valence-electron chi connectivity index (χ0n) is 11.6. The van der Waals surface area contributed by atoms with Crippen molar-refractivity contribution in [2.45, 2.75) is 46.5 Å². The highest BCUT2D eigenvalue weighted by Gasteiger charge is 2.23. The van der Waals surface area contributed by atoms with E-state index in [1.54, 1.807) is 0 Å². The average Bonchev–Trinajstić information content (AvgIpc) is 2.16. The van der Waals surface area contributed by atoms with E-state index in [9.17, 15) is 0 Å². The minimum Gasteiger partial charge on any atom is -0.330 e. The van der Waals surface area contributed by atoms with Crippen LogP contribution in [0.4, 0.5) is 0 Å². The Hall–Kier alpha value is -0.0800. The van der Waals surface area contributed by atoms with Crippen molar-refractivity contribution in [2.24, 2.45) is 23.0 Å². The van der Waals surface area contributed by atoms with Gasteiger partial charge in [-0.05, 0) is 43.7 Å². The Bertz CT molecular complexity index is 201. The Morgan fingerprint density at radius 2 is 2.00 bits per heavy atom. The van der Waals surface area contributed by atoms with Gasteiger partial charge in [-0.2, -0.15) is 0 Å². The molecule has 2 atom stereocenters. The topological polar surface area (TPSA) is 29.3 Å². The third-order valence-electron chi connectivity index (χ3n) is 3.87. The summed E-state index contributed by atoms with van der Waals surface area (Å²) in [6.45, 7) is 10.1. The fraction of sp³-hybridized carbons (Fsp3) is 1.00. The number of rotatable bonds is 5. The number of hydrogen-bond acceptors (Lipinski definition) is 2. The van der Waals surface area contributed by atoms with Crippen LogP contribution in [0, 0.1) is 17.3 Å². The first-order valence-electron chi connectivity index (χ1n) is 6.81. The van der Waals surface area contributed by atoms with Gasteiger partial charge < -0.3 is 10.6 Å². The highest BCUT2D eigenvalue weighted by molar-refractivity contribution is 4.77. The minimum absolute atomic E-state index is 0.259. The first kappa shape index (κ1) is 14.0. The molecule has 0 spiro atoms. The molecular weight excluding hydrogens is 196 g/mol. The van der Waals surface area contributed by atoms with Gasteiger partial charge in [0, 0.05) is 13.1 Å². The number of nitrogens with two attached hydrogens (primary N) is 1. The monoisotopic (exact) mass is 226 g/mol. The smallest absolute Gasteiger partial charge is 0.00418 e. The molecule has 0 bridgehead atoms. The van der Waals surface area contributed by atoms with Crippen LogP contribution in [-0.4, -0.2) is 31.6 Å². The Kier molecular flexibility index (Phi) is 5.26. The maximum atomic E-state index is 5.78. The Balaban J connectivity index is 2.30. The molecule has 1 fully saturated rings. The van der Waals surface area contributed by atoms with Crippen LogP contribution in [0.5, 0.6) is 0 Å². The lowest BCUT2D eigenvalue weighted by Gasteiger charge is -2.34. The number of hydrogen-bond donors (Lipinski definition) is 1. The van der Waals surface area contributed by atoms with E-state index >= 15 is 0 Å². The summed E-state index contributed by atoms with van der Waals surface area (Å²) >= 11 is 0. The quantitative estimate of drug-likeness (QED) is 0.781. The fourth-order valence-electron chi connectivity index (χ4n) is 3.03. The van der Waals surface area contributed by atoms with Gasteiger partial charge in [-0.3, -0.25) is 0 Å². The van der Waals surface area contributed by atoms with Crippen molar-refractivity contribution in [1.82, 2.24) is 4.90 Å². The highest BCUT2D eigenvalue weighted by Crippen LogP contribution is 2.29. The van der Waals surface area contributed by atoms with E-state index in [4.69, 9.17) is 5.73 Å². The molecule has 0 aliphatic heterocycles. The van der Waals surface area contributed by atoms with Crippen molar-refractivity contribution < 1.29 is 0 Å². The summed E-state index contributed by atoms with van der Waals surface area (Å²) in [6.07, 6.45) is 5.72. The van der Waals surface area contributed by atoms with Gasteiger partial charge in [-0.1, -0.05) is 33.6 Å². The van der Waals surface area contributed by atoms with Crippen LogP contribution in [0.25, 0.3) is 0 Å². The zero-order valence-corrected chi connectivity index (χ0v) is 11.6. The van der Waals surface area contributed by atoms with Crippen LogP contribution >= 0.6 is 0 Å². The Morgan fingerprint density at radius 3 is 2.56 bits per heavy atom. The molecule has 0 aromatic carbocycles. The first-order valence-corrected chi connectivity index (χ1v) is 6.81. The molecule has 0 amide bonds. The molecule has 0 radical (unpaired) electrons. The van der Waals surface area contributed by atoms with Crippen LogP contribution in [0.15, 0.2) is 0 Å². The van der Waals surface area contributed by atoms with E-state index < -0.39 is 0 Å². The van der Waals surface area contributed by atoms with Crippen molar-refractivity contribution in [1.29, 1.82) is 0 Å². The van der Waals surface area contributed by atoms with Gasteiger partial charge in [0.15, 0.2) is 0 Å². The van der Waals surface area contributed by atoms with Crippen molar-refractivity contribution in [3.05, 3.63) is 0 Å². The van der Waals surface area contributed by atoms with Gasteiger partial charge in [0.05, 0.1) is 0 Å². The maximum Gasteiger partial charge on any atom is 0.00418 e. The summed E-state index contributed by atoms with van der Waals surface area (Å²) in [4.78, 5) is 2.48. The van der Waals surface area contributed by atoms with Crippen LogP contribution in [0.2, 0.25) is 0 Å². The molecule has 0 heterocycles. The van der Waals surface area contributed by atoms with E-state index in [0.29, 0.717) is 0 Å². The summed E-state index contributed by atoms with van der Waals surface area (Å²) in [5.74, 6) is 1.86. The molecule has 16 heavy (non-hydrogen) atoms. The molecule has 1 aliphatic rings. The second-order valence-corrected chi connectivity index (χ2v) is 6.70. The van der Waals surface area contributed by atoms with Gasteiger partial charge in [0.2, 0.25) is 0 Å². The Labute approximate surface area is 102 Å². The van der Waals surface area contributed by atoms with Crippen LogP contribution < -0.4 is 5.73 Å². The van der Waals surface area contributed by atoms with Crippen LogP contribution in [0.3, 0.4) is 0 Å². The van der Waals surface area contributed by atoms with Crippen molar-refractivity contribution in [2.75, 3.05) is 26.7 Å². The number of nitrogens with zero attached hydrogens (tertiary/aromatic N) is 1. The third kappa shape index (κ3) is 4.84. The van der Waals surface area contributed by atoms with Gasteiger partial charge in [0.25, 0.3) is 0 Å². The van der Waals surface area contributed by atoms with E-state index in [2.05, 4.69) is 32.7 Å². The molecule has 1 aliphatic carbocycles. The Morgan fingerprint density at radius 1 is 1.31 bits per heavy atom. The normalized spacial score (nSPS) is 27.4. The maximum absolute atomic E-state index is 5.78. The molecule has 0 aromatic heterocycles. The summed E-state index contributed by atoms with van der Waals surface area (Å²) in [6, 6.07) is 0. The summed E-state index contributed by atoms with van der Waals surface area (Å²) < 4.78 is 0. The van der Waals surface area contributed by atoms with Crippen molar-refractivity contribution in [3.63, 3.8) is 0 Å². The van der Waals surface area contributed by atoms with Gasteiger partial charge in [0.1, 0.15) is 0 Å². The molecule has 2 N–H and O–H groups in total. The second-order valence-electron chi connectivity index (χ2n) is 6.70. The summed E-state index contributed by atoms with van der Waals surface area (Å²) in [5, 5.41) is 0. The van der Waals surface area contributed by atoms with Gasteiger partial charge in [-0.15, -0.1) is 0 Å². The first-order chi connectivity index (χ1) is 7.43. The van der Waals surface area contributed by atoms with E-state index in [-0.39, 0.29) is 5.41 Å². The van der Waals surface area contributed by atoms with Crippen LogP contribution in [0.1, 0.15) is 46.5 Å². The highest BCUT2D eigenvalue weighted by atomic mass is 15.1. The van der Waals surface area contributed by atoms with Crippen LogP contribution in [-0.2, 0) is 0 Å². The molecule has 2 nitrogen and oxygen atoms in total. The molecule has 0 aromatic rings. The van der Waals surface area contributed by atoms with Gasteiger partial charge >= 0.3 is 0 Å². The molecule has 2 unspecified atom stereocenters. The molecule has 0 saturated heterocycles. The summed E-state index contributed by atoms with van der Waals surface area (Å²) in [7, 11) is 2.25. The van der Waals surface area contributed by atoms with Crippen molar-refractivity contribution in [3.8, 4) is 0 Å². The second kappa shape index (κ2) is 6.02. The van der Waals surface area contributed by atoms with E-state index in [1.165, 1.54) is 32.2 Å². The molecular formula is C14H30N2. The lowest BCUT2D eigenvalue weighted by Crippen LogP contribution is -2.39. The lowest BCUT2D eigenvalue weighted by atomic mass is 9.82. The SMILES string of the molecule is CC1CCCC(CN(C)CC(C)(C)CN)C1. The molecule has 1 rings (SSSR count). The zero-order chi connectivity index (χ0) is 12.2. The fourth-order valence-corrected chi connectivity index (χ4v) is 3.03. The molecule has 1 saturated carbocycles. The van der Waals surface area contributed by atoms with Crippen molar-refractivity contribution >= 4 is 0 Å². The minimum atomic E-state index is 0.259. The largest absolute Gasteiger partial charge is 0.330 e. The predicted octanol–water partition coefficient (Wildman–Crippen LogP) is 2.73. The average molecular weight is 226 g/mol. The van der Waals surface area contributed by atoms with E-state index in [0.717, 1.165) is 24.9 Å². The predicted molar refractivity (Wildman–Crippen MR) is 71.5 cm³/mol. The van der Waals surface area contributed by atoms with E-state index in [1.807, 2.05) is 0 Å². The third-order valence-corrected chi connectivity index (χ3v) is 3.87. The van der Waals surface area contributed by atoms with Gasteiger partial charge in [-0.25, -0.2) is 0 Å². The molecule has 2 heteroatoms. The lowest BCUT2D eigenvalue weighted by molar-refractivity contribution is 0.160.